The number of methoxy groups -OCH3 is 1. The Kier molecular flexibility index (Phi) is 7.00. The van der Waals surface area contributed by atoms with E-state index in [9.17, 15) is 19.8 Å². The van der Waals surface area contributed by atoms with Gasteiger partial charge >= 0.3 is 12.2 Å². The number of halogens is 1. The van der Waals surface area contributed by atoms with Crippen LogP contribution in [0.25, 0.3) is 0 Å². The number of rotatable bonds is 3. The van der Waals surface area contributed by atoms with Gasteiger partial charge in [0.1, 0.15) is 26.5 Å². The van der Waals surface area contributed by atoms with Crippen molar-refractivity contribution < 1.29 is 38.7 Å². The van der Waals surface area contributed by atoms with E-state index < -0.39 is 29.6 Å². The van der Waals surface area contributed by atoms with Gasteiger partial charge < -0.3 is 29.2 Å². The number of thioether (sulfide) groups is 1. The fourth-order valence-electron chi connectivity index (χ4n) is 4.55. The number of thiazole rings is 1. The fraction of sp³-hybridized carbons (Fsp3) is 0.455. The number of imide groups is 1. The lowest BCUT2D eigenvalue weighted by Crippen LogP contribution is -2.60. The highest BCUT2D eigenvalue weighted by Gasteiger charge is 2.57. The molecule has 3 aliphatic heterocycles. The van der Waals surface area contributed by atoms with Gasteiger partial charge in [0.25, 0.3) is 0 Å². The average Bonchev–Trinajstić information content (AvgIpc) is 3.31. The highest BCUT2D eigenvalue weighted by atomic mass is 79.9. The third-order valence-corrected chi connectivity index (χ3v) is 9.22. The zero-order chi connectivity index (χ0) is 25.5. The summed E-state index contributed by atoms with van der Waals surface area (Å²) in [5.74, 6) is 1.05. The number of hydrogen-bond acceptors (Lipinski definition) is 10. The van der Waals surface area contributed by atoms with Crippen molar-refractivity contribution in [3.8, 4) is 5.75 Å². The Morgan fingerprint density at radius 1 is 1.17 bits per heavy atom. The van der Waals surface area contributed by atoms with Gasteiger partial charge in [-0.05, 0) is 34.5 Å². The Morgan fingerprint density at radius 3 is 2.44 bits per heavy atom. The number of aromatic nitrogens is 1. The Balaban J connectivity index is 1.39. The standard InChI is InChI=1S/C22H22BrN3O8S2/c1-31-14-4-2-12(3-5-14)16-32-9-21(10-33-16)6-13-7-36-18(26(19(27)28)20(29)30)25-22(13,11-34-21)17-24-15(23)8-35-17/h2-5,8,13,16H,6-7,9-11H2,1H3,(H,27,28)(H,29,30)/t13-,16?,21?,22-/m0/s1. The summed E-state index contributed by atoms with van der Waals surface area (Å²) in [6.45, 7) is 0.680. The molecule has 2 fully saturated rings. The van der Waals surface area contributed by atoms with E-state index in [0.29, 0.717) is 35.0 Å². The number of fused-ring (bicyclic) bond motifs is 1. The third kappa shape index (κ3) is 4.61. The van der Waals surface area contributed by atoms with Crippen LogP contribution in [0, 0.1) is 5.92 Å². The van der Waals surface area contributed by atoms with Gasteiger partial charge in [-0.25, -0.2) is 19.6 Å². The van der Waals surface area contributed by atoms with Crippen molar-refractivity contribution in [1.29, 1.82) is 0 Å². The molecule has 4 heterocycles. The lowest BCUT2D eigenvalue weighted by molar-refractivity contribution is -0.289. The second-order valence-corrected chi connectivity index (χ2v) is 11.3. The topological polar surface area (TPSA) is 140 Å². The molecule has 0 saturated carbocycles. The van der Waals surface area contributed by atoms with Crippen LogP contribution in [0.2, 0.25) is 0 Å². The quantitative estimate of drug-likeness (QED) is 0.521. The smallest absolute Gasteiger partial charge is 0.423 e. The van der Waals surface area contributed by atoms with Crippen LogP contribution >= 0.6 is 39.0 Å². The monoisotopic (exact) mass is 599 g/mol. The minimum atomic E-state index is -1.62. The molecule has 2 saturated heterocycles. The Bertz CT molecular complexity index is 1170. The molecular formula is C22H22BrN3O8S2. The summed E-state index contributed by atoms with van der Waals surface area (Å²) in [6.07, 6.45) is -3.25. The number of amides is 2. The first-order chi connectivity index (χ1) is 17.2. The maximum atomic E-state index is 11.6. The molecule has 0 unspecified atom stereocenters. The number of ether oxygens (including phenoxy) is 4. The van der Waals surface area contributed by atoms with Crippen LogP contribution in [-0.2, 0) is 19.7 Å². The molecule has 0 aliphatic carbocycles. The van der Waals surface area contributed by atoms with Gasteiger partial charge in [0.2, 0.25) is 0 Å². The van der Waals surface area contributed by atoms with Gasteiger partial charge in [-0.3, -0.25) is 0 Å². The largest absolute Gasteiger partial charge is 0.497 e. The number of carboxylic acid groups (broad SMARTS) is 2. The molecule has 3 aliphatic rings. The van der Waals surface area contributed by atoms with Crippen LogP contribution in [0.15, 0.2) is 39.2 Å². The maximum absolute atomic E-state index is 11.6. The van der Waals surface area contributed by atoms with E-state index in [2.05, 4.69) is 25.9 Å². The van der Waals surface area contributed by atoms with E-state index in [-0.39, 0.29) is 22.6 Å². The molecule has 192 valence electrons. The Hall–Kier alpha value is -2.23. The third-order valence-electron chi connectivity index (χ3n) is 6.40. The molecule has 1 aromatic heterocycles. The molecule has 2 N–H and O–H groups in total. The number of benzene rings is 1. The predicted octanol–water partition coefficient (Wildman–Crippen LogP) is 4.39. The Morgan fingerprint density at radius 2 is 1.86 bits per heavy atom. The maximum Gasteiger partial charge on any atom is 0.423 e. The van der Waals surface area contributed by atoms with Crippen molar-refractivity contribution in [1.82, 2.24) is 9.88 Å². The number of nitrogens with zero attached hydrogens (tertiary/aromatic N) is 3. The number of amidine groups is 1. The number of hydrogen-bond donors (Lipinski definition) is 2. The van der Waals surface area contributed by atoms with Crippen molar-refractivity contribution >= 4 is 56.4 Å². The van der Waals surface area contributed by atoms with Gasteiger partial charge in [0.15, 0.2) is 11.5 Å². The van der Waals surface area contributed by atoms with Crippen molar-refractivity contribution in [2.45, 2.75) is 23.9 Å². The molecule has 14 heteroatoms. The van der Waals surface area contributed by atoms with E-state index in [0.717, 1.165) is 23.1 Å². The van der Waals surface area contributed by atoms with Gasteiger partial charge in [-0.15, -0.1) is 11.3 Å². The molecule has 11 nitrogen and oxygen atoms in total. The summed E-state index contributed by atoms with van der Waals surface area (Å²) in [6, 6.07) is 7.46. The molecule has 2 aromatic rings. The van der Waals surface area contributed by atoms with Crippen molar-refractivity contribution in [3.05, 3.63) is 44.8 Å². The minimum absolute atomic E-state index is 0.0781. The van der Waals surface area contributed by atoms with E-state index in [4.69, 9.17) is 18.9 Å². The van der Waals surface area contributed by atoms with Gasteiger partial charge in [0.05, 0.1) is 26.9 Å². The number of aliphatic imine (C=N–C) groups is 1. The summed E-state index contributed by atoms with van der Waals surface area (Å²) >= 11 is 5.82. The first-order valence-corrected chi connectivity index (χ1v) is 13.5. The van der Waals surface area contributed by atoms with Crippen LogP contribution in [0.1, 0.15) is 23.3 Å². The summed E-state index contributed by atoms with van der Waals surface area (Å²) in [4.78, 5) is 32.7. The van der Waals surface area contributed by atoms with Crippen LogP contribution in [-0.4, -0.2) is 75.7 Å². The van der Waals surface area contributed by atoms with Crippen LogP contribution < -0.4 is 4.74 Å². The van der Waals surface area contributed by atoms with Crippen LogP contribution in [0.3, 0.4) is 0 Å². The molecule has 0 bridgehead atoms. The van der Waals surface area contributed by atoms with E-state index in [1.165, 1.54) is 11.3 Å². The average molecular weight is 600 g/mol. The zero-order valence-corrected chi connectivity index (χ0v) is 22.2. The summed E-state index contributed by atoms with van der Waals surface area (Å²) < 4.78 is 24.3. The highest BCUT2D eigenvalue weighted by molar-refractivity contribution is 9.10. The first kappa shape index (κ1) is 25.4. The van der Waals surface area contributed by atoms with Gasteiger partial charge in [0, 0.05) is 22.6 Å². The van der Waals surface area contributed by atoms with Gasteiger partial charge in [-0.1, -0.05) is 23.9 Å². The summed E-state index contributed by atoms with van der Waals surface area (Å²) in [5.41, 5.74) is -0.870. The molecule has 5 rings (SSSR count). The molecule has 2 atom stereocenters. The van der Waals surface area contributed by atoms with Crippen molar-refractivity contribution in [3.63, 3.8) is 0 Å². The van der Waals surface area contributed by atoms with Crippen molar-refractivity contribution in [2.75, 3.05) is 32.7 Å². The summed E-state index contributed by atoms with van der Waals surface area (Å²) in [7, 11) is 1.61. The molecule has 0 radical (unpaired) electrons. The number of carbonyl (C=O) groups is 2. The lowest BCUT2D eigenvalue weighted by atomic mass is 9.75. The molecule has 1 aromatic carbocycles. The zero-order valence-electron chi connectivity index (χ0n) is 19.0. The molecule has 1 spiro atoms. The minimum Gasteiger partial charge on any atom is -0.497 e. The SMILES string of the molecule is COc1ccc(C2OCC3(CO2)C[C@H]2CSC(N(C(=O)O)C(=O)O)=N[C@@]2(c2nc(Br)cs2)CO3)cc1. The van der Waals surface area contributed by atoms with Crippen LogP contribution in [0.5, 0.6) is 5.75 Å². The van der Waals surface area contributed by atoms with E-state index in [1.807, 2.05) is 24.3 Å². The van der Waals surface area contributed by atoms with E-state index in [1.54, 1.807) is 12.5 Å². The van der Waals surface area contributed by atoms with Crippen molar-refractivity contribution in [2.24, 2.45) is 10.9 Å². The van der Waals surface area contributed by atoms with E-state index >= 15 is 0 Å². The highest BCUT2D eigenvalue weighted by Crippen LogP contribution is 2.51. The summed E-state index contributed by atoms with van der Waals surface area (Å²) in [5, 5.41) is 21.2. The normalized spacial score (nSPS) is 29.8. The van der Waals surface area contributed by atoms with Gasteiger partial charge in [-0.2, -0.15) is 4.90 Å². The van der Waals surface area contributed by atoms with Crippen LogP contribution in [0.4, 0.5) is 9.59 Å². The molecule has 2 amide bonds. The lowest BCUT2D eigenvalue weighted by Gasteiger charge is -2.51. The first-order valence-electron chi connectivity index (χ1n) is 10.9. The predicted molar refractivity (Wildman–Crippen MR) is 134 cm³/mol. The molecule has 36 heavy (non-hydrogen) atoms. The molecular weight excluding hydrogens is 578 g/mol. The Labute approximate surface area is 222 Å². The fourth-order valence-corrected chi connectivity index (χ4v) is 7.27. The second kappa shape index (κ2) is 9.91. The second-order valence-electron chi connectivity index (χ2n) is 8.61.